The Morgan fingerprint density at radius 3 is 2.37 bits per heavy atom. The van der Waals surface area contributed by atoms with Crippen LogP contribution in [0.15, 0.2) is 30.6 Å². The summed E-state index contributed by atoms with van der Waals surface area (Å²) in [6, 6.07) is 9.03. The smallest absolute Gasteiger partial charge is 0.272 e. The highest BCUT2D eigenvalue weighted by Crippen LogP contribution is 2.32. The number of aromatic nitrogens is 2. The van der Waals surface area contributed by atoms with E-state index in [2.05, 4.69) is 56.1 Å². The third kappa shape index (κ3) is 7.82. The molecule has 0 spiro atoms. The van der Waals surface area contributed by atoms with E-state index in [1.807, 2.05) is 11.8 Å². The van der Waals surface area contributed by atoms with Gasteiger partial charge in [-0.05, 0) is 77.4 Å². The van der Waals surface area contributed by atoms with Gasteiger partial charge in [0.2, 0.25) is 10.0 Å². The third-order valence-electron chi connectivity index (χ3n) is 8.76. The molecule has 1 aromatic heterocycles. The Morgan fingerprint density at radius 2 is 1.68 bits per heavy atom. The Hall–Kier alpha value is -2.60. The van der Waals surface area contributed by atoms with Gasteiger partial charge in [-0.15, -0.1) is 0 Å². The molecule has 41 heavy (non-hydrogen) atoms. The highest BCUT2D eigenvalue weighted by Gasteiger charge is 2.32. The van der Waals surface area contributed by atoms with Crippen LogP contribution >= 0.6 is 0 Å². The number of carbonyl (C=O) groups is 1. The number of amides is 1. The molecule has 3 saturated heterocycles. The second-order valence-corrected chi connectivity index (χ2v) is 13.7. The Kier molecular flexibility index (Phi) is 9.58. The van der Waals surface area contributed by atoms with Crippen LogP contribution in [0.25, 0.3) is 0 Å². The topological polar surface area (TPSA) is 117 Å². The first kappa shape index (κ1) is 29.9. The quantitative estimate of drug-likeness (QED) is 0.485. The van der Waals surface area contributed by atoms with Crippen molar-refractivity contribution in [3.63, 3.8) is 0 Å². The van der Waals surface area contributed by atoms with Gasteiger partial charge in [-0.3, -0.25) is 4.79 Å². The standard InChI is InChI=1S/C30H44N6O4S/c1-21-7-9-23(10-8-21)27-6-4-5-26(40-27)19-31-29-22(2)28(32-20-33-29)30(37)36-17-13-25(14-18-36)35-15-11-24(12-16-35)34-41(3,38)39/h7-10,20,24-27,34H,4-6,11-19H2,1-3H3,(H,31,32,33). The molecule has 3 aliphatic rings. The summed E-state index contributed by atoms with van der Waals surface area (Å²) in [5, 5.41) is 3.43. The third-order valence-corrected chi connectivity index (χ3v) is 9.52. The minimum Gasteiger partial charge on any atom is -0.368 e. The minimum atomic E-state index is -3.17. The van der Waals surface area contributed by atoms with Crippen molar-refractivity contribution in [1.82, 2.24) is 24.5 Å². The largest absolute Gasteiger partial charge is 0.368 e. The summed E-state index contributed by atoms with van der Waals surface area (Å²) in [6.45, 7) is 7.77. The number of sulfonamides is 1. The van der Waals surface area contributed by atoms with Gasteiger partial charge in [-0.25, -0.2) is 23.1 Å². The molecule has 0 bridgehead atoms. The Labute approximate surface area is 244 Å². The first-order chi connectivity index (χ1) is 19.7. The van der Waals surface area contributed by atoms with Crippen molar-refractivity contribution in [3.8, 4) is 0 Å². The van der Waals surface area contributed by atoms with E-state index in [1.165, 1.54) is 23.7 Å². The average Bonchev–Trinajstić information content (AvgIpc) is 2.96. The molecule has 11 heteroatoms. The molecule has 10 nitrogen and oxygen atoms in total. The van der Waals surface area contributed by atoms with Crippen LogP contribution in [-0.2, 0) is 14.8 Å². The van der Waals surface area contributed by atoms with E-state index in [0.717, 1.165) is 63.6 Å². The molecule has 3 fully saturated rings. The fourth-order valence-corrected chi connectivity index (χ4v) is 7.24. The number of ether oxygens (including phenoxy) is 1. The average molecular weight is 585 g/mol. The maximum atomic E-state index is 13.5. The second kappa shape index (κ2) is 13.1. The Bertz CT molecular complexity index is 1290. The number of benzene rings is 1. The molecule has 2 N–H and O–H groups in total. The van der Waals surface area contributed by atoms with Crippen molar-refractivity contribution < 1.29 is 17.9 Å². The molecule has 0 aliphatic carbocycles. The minimum absolute atomic E-state index is 0.0192. The van der Waals surface area contributed by atoms with Crippen LogP contribution in [0.5, 0.6) is 0 Å². The molecule has 0 radical (unpaired) electrons. The van der Waals surface area contributed by atoms with E-state index < -0.39 is 10.0 Å². The molecule has 2 unspecified atom stereocenters. The van der Waals surface area contributed by atoms with Gasteiger partial charge in [-0.2, -0.15) is 0 Å². The molecule has 2 atom stereocenters. The van der Waals surface area contributed by atoms with Crippen molar-refractivity contribution in [2.45, 2.75) is 83.1 Å². The van der Waals surface area contributed by atoms with Crippen molar-refractivity contribution in [2.24, 2.45) is 0 Å². The fourth-order valence-electron chi connectivity index (χ4n) is 6.40. The maximum Gasteiger partial charge on any atom is 0.272 e. The van der Waals surface area contributed by atoms with Gasteiger partial charge < -0.3 is 19.9 Å². The van der Waals surface area contributed by atoms with E-state index in [0.29, 0.717) is 37.2 Å². The summed E-state index contributed by atoms with van der Waals surface area (Å²) >= 11 is 0. The van der Waals surface area contributed by atoms with Crippen molar-refractivity contribution in [3.05, 3.63) is 53.0 Å². The molecular formula is C30H44N6O4S. The van der Waals surface area contributed by atoms with Gasteiger partial charge in [0, 0.05) is 37.3 Å². The Balaban J connectivity index is 1.11. The lowest BCUT2D eigenvalue weighted by Gasteiger charge is -2.41. The van der Waals surface area contributed by atoms with Crippen molar-refractivity contribution in [1.29, 1.82) is 0 Å². The molecule has 224 valence electrons. The molecule has 0 saturated carbocycles. The predicted molar refractivity (Wildman–Crippen MR) is 159 cm³/mol. The van der Waals surface area contributed by atoms with Gasteiger partial charge >= 0.3 is 0 Å². The summed E-state index contributed by atoms with van der Waals surface area (Å²) in [5.74, 6) is 0.640. The molecule has 3 aliphatic heterocycles. The second-order valence-electron chi connectivity index (χ2n) is 11.9. The number of anilines is 1. The van der Waals surface area contributed by atoms with E-state index >= 15 is 0 Å². The van der Waals surface area contributed by atoms with Gasteiger partial charge in [0.05, 0.1) is 18.5 Å². The number of nitrogens with one attached hydrogen (secondary N) is 2. The van der Waals surface area contributed by atoms with E-state index in [9.17, 15) is 13.2 Å². The number of hydrogen-bond acceptors (Lipinski definition) is 8. The van der Waals surface area contributed by atoms with Crippen molar-refractivity contribution >= 4 is 21.7 Å². The van der Waals surface area contributed by atoms with Gasteiger partial charge in [-0.1, -0.05) is 29.8 Å². The normalized spacial score (nSPS) is 23.4. The predicted octanol–water partition coefficient (Wildman–Crippen LogP) is 3.43. The number of piperidine rings is 2. The van der Waals surface area contributed by atoms with E-state index in [1.54, 1.807) is 0 Å². The first-order valence-electron chi connectivity index (χ1n) is 14.9. The SMILES string of the molecule is Cc1ccc(C2CCCC(CNc3ncnc(C(=O)N4CCC(N5CCC(NS(C)(=O)=O)CC5)CC4)c3C)O2)cc1. The zero-order valence-electron chi connectivity index (χ0n) is 24.5. The number of carbonyl (C=O) groups excluding carboxylic acids is 1. The molecule has 1 amide bonds. The van der Waals surface area contributed by atoms with Crippen molar-refractivity contribution in [2.75, 3.05) is 44.3 Å². The number of likely N-dealkylation sites (tertiary alicyclic amines) is 2. The summed E-state index contributed by atoms with van der Waals surface area (Å²) in [7, 11) is -3.17. The van der Waals surface area contributed by atoms with Crippen LogP contribution in [0, 0.1) is 13.8 Å². The number of hydrogen-bond donors (Lipinski definition) is 2. The fraction of sp³-hybridized carbons (Fsp3) is 0.633. The molecule has 4 heterocycles. The summed E-state index contributed by atoms with van der Waals surface area (Å²) in [4.78, 5) is 26.6. The monoisotopic (exact) mass is 584 g/mol. The lowest BCUT2D eigenvalue weighted by molar-refractivity contribution is -0.0442. The maximum absolute atomic E-state index is 13.5. The van der Waals surface area contributed by atoms with E-state index in [4.69, 9.17) is 4.74 Å². The number of rotatable bonds is 8. The zero-order valence-corrected chi connectivity index (χ0v) is 25.3. The van der Waals surface area contributed by atoms with Crippen LogP contribution in [0.2, 0.25) is 0 Å². The number of aryl methyl sites for hydroxylation is 1. The first-order valence-corrected chi connectivity index (χ1v) is 16.8. The lowest BCUT2D eigenvalue weighted by atomic mass is 9.97. The lowest BCUT2D eigenvalue weighted by Crippen LogP contribution is -2.51. The van der Waals surface area contributed by atoms with Gasteiger partial charge in [0.15, 0.2) is 0 Å². The van der Waals surface area contributed by atoms with Crippen LogP contribution in [-0.4, -0.2) is 91.3 Å². The number of nitrogens with zero attached hydrogens (tertiary/aromatic N) is 4. The Morgan fingerprint density at radius 1 is 0.976 bits per heavy atom. The van der Waals surface area contributed by atoms with Crippen LogP contribution in [0.1, 0.15) is 78.2 Å². The highest BCUT2D eigenvalue weighted by molar-refractivity contribution is 7.88. The molecule has 5 rings (SSSR count). The molecular weight excluding hydrogens is 540 g/mol. The van der Waals surface area contributed by atoms with Gasteiger partial charge in [0.25, 0.3) is 5.91 Å². The van der Waals surface area contributed by atoms with Crippen LogP contribution in [0.4, 0.5) is 5.82 Å². The molecule has 2 aromatic rings. The molecule has 1 aromatic carbocycles. The summed E-state index contributed by atoms with van der Waals surface area (Å²) < 4.78 is 32.2. The van der Waals surface area contributed by atoms with E-state index in [-0.39, 0.29) is 24.2 Å². The summed E-state index contributed by atoms with van der Waals surface area (Å²) in [6.07, 6.45) is 9.47. The highest BCUT2D eigenvalue weighted by atomic mass is 32.2. The van der Waals surface area contributed by atoms with Crippen LogP contribution in [0.3, 0.4) is 0 Å². The van der Waals surface area contributed by atoms with Gasteiger partial charge in [0.1, 0.15) is 17.8 Å². The zero-order chi connectivity index (χ0) is 29.0. The summed E-state index contributed by atoms with van der Waals surface area (Å²) in [5.41, 5.74) is 3.70. The van der Waals surface area contributed by atoms with Crippen LogP contribution < -0.4 is 10.0 Å².